The molecule has 0 saturated carbocycles. The lowest BCUT2D eigenvalue weighted by Crippen LogP contribution is -2.39. The lowest BCUT2D eigenvalue weighted by molar-refractivity contribution is 0.125. The molecule has 1 aromatic heterocycles. The van der Waals surface area contributed by atoms with Gasteiger partial charge >= 0.3 is 0 Å². The third kappa shape index (κ3) is 7.86. The number of nitrogens with one attached hydrogen (secondary N) is 2. The number of aliphatic imine (C=N–C) groups is 1. The summed E-state index contributed by atoms with van der Waals surface area (Å²) in [5.74, 6) is 0.788. The summed E-state index contributed by atoms with van der Waals surface area (Å²) in [7, 11) is 1.78. The van der Waals surface area contributed by atoms with E-state index in [1.807, 2.05) is 35.1 Å². The molecule has 0 bridgehead atoms. The molecule has 0 amide bonds. The van der Waals surface area contributed by atoms with E-state index < -0.39 is 0 Å². The van der Waals surface area contributed by atoms with Gasteiger partial charge in [-0.25, -0.2) is 4.68 Å². The van der Waals surface area contributed by atoms with Crippen molar-refractivity contribution < 1.29 is 4.74 Å². The van der Waals surface area contributed by atoms with Gasteiger partial charge in [0.05, 0.1) is 18.9 Å². The molecule has 0 atom stereocenters. The van der Waals surface area contributed by atoms with Crippen LogP contribution in [0.3, 0.4) is 0 Å². The van der Waals surface area contributed by atoms with Crippen molar-refractivity contribution in [2.75, 3.05) is 26.7 Å². The van der Waals surface area contributed by atoms with Gasteiger partial charge in [-0.15, -0.1) is 24.0 Å². The first-order valence-electron chi connectivity index (χ1n) is 9.50. The van der Waals surface area contributed by atoms with Crippen LogP contribution in [0.1, 0.15) is 11.1 Å². The number of hydrogen-bond donors (Lipinski definition) is 2. The Kier molecular flexibility index (Phi) is 10.2. The van der Waals surface area contributed by atoms with Crippen molar-refractivity contribution in [2.45, 2.75) is 13.0 Å². The summed E-state index contributed by atoms with van der Waals surface area (Å²) in [5, 5.41) is 10.8. The van der Waals surface area contributed by atoms with Crippen molar-refractivity contribution in [3.8, 4) is 5.69 Å². The predicted molar refractivity (Wildman–Crippen MR) is 128 cm³/mol. The zero-order valence-corrected chi connectivity index (χ0v) is 19.0. The van der Waals surface area contributed by atoms with E-state index in [9.17, 15) is 0 Å². The summed E-state index contributed by atoms with van der Waals surface area (Å²) in [6, 6.07) is 20.5. The van der Waals surface area contributed by atoms with Gasteiger partial charge in [-0.2, -0.15) is 5.10 Å². The number of guanidine groups is 1. The normalized spacial score (nSPS) is 11.0. The number of rotatable bonds is 9. The Morgan fingerprint density at radius 2 is 1.72 bits per heavy atom. The van der Waals surface area contributed by atoms with Crippen molar-refractivity contribution in [3.05, 3.63) is 84.2 Å². The molecule has 154 valence electrons. The van der Waals surface area contributed by atoms with Crippen LogP contribution in [0.15, 0.2) is 78.0 Å². The molecule has 0 aliphatic rings. The maximum atomic E-state index is 5.68. The zero-order chi connectivity index (χ0) is 19.4. The van der Waals surface area contributed by atoms with Crippen molar-refractivity contribution in [3.63, 3.8) is 0 Å². The average molecular weight is 505 g/mol. The second kappa shape index (κ2) is 12.9. The predicted octanol–water partition coefficient (Wildman–Crippen LogP) is 3.41. The molecule has 0 unspecified atom stereocenters. The fourth-order valence-electron chi connectivity index (χ4n) is 2.79. The van der Waals surface area contributed by atoms with Crippen LogP contribution in [0, 0.1) is 0 Å². The van der Waals surface area contributed by atoms with Crippen LogP contribution in [-0.4, -0.2) is 42.5 Å². The van der Waals surface area contributed by atoms with Crippen LogP contribution in [-0.2, 0) is 17.8 Å². The average Bonchev–Trinajstić information content (AvgIpc) is 3.28. The van der Waals surface area contributed by atoms with Gasteiger partial charge in [0.2, 0.25) is 0 Å². The number of nitrogens with zero attached hydrogens (tertiary/aromatic N) is 3. The molecule has 3 rings (SSSR count). The van der Waals surface area contributed by atoms with Crippen molar-refractivity contribution in [2.24, 2.45) is 4.99 Å². The highest BCUT2D eigenvalue weighted by Crippen LogP contribution is 2.08. The van der Waals surface area contributed by atoms with Gasteiger partial charge in [-0.1, -0.05) is 42.5 Å². The van der Waals surface area contributed by atoms with Gasteiger partial charge in [-0.3, -0.25) is 4.99 Å². The molecule has 0 saturated heterocycles. The van der Waals surface area contributed by atoms with Crippen LogP contribution in [0.25, 0.3) is 5.69 Å². The van der Waals surface area contributed by atoms with Crippen LogP contribution < -0.4 is 10.6 Å². The third-order valence-electron chi connectivity index (χ3n) is 4.29. The molecule has 2 N–H and O–H groups in total. The Hall–Kier alpha value is -2.39. The summed E-state index contributed by atoms with van der Waals surface area (Å²) in [6.07, 6.45) is 4.64. The van der Waals surface area contributed by atoms with E-state index in [0.29, 0.717) is 19.8 Å². The molecule has 0 aliphatic carbocycles. The first kappa shape index (κ1) is 22.9. The maximum Gasteiger partial charge on any atom is 0.191 e. The number of hydrogen-bond acceptors (Lipinski definition) is 3. The highest BCUT2D eigenvalue weighted by atomic mass is 127. The van der Waals surface area contributed by atoms with Crippen LogP contribution in [0.2, 0.25) is 0 Å². The smallest absolute Gasteiger partial charge is 0.191 e. The van der Waals surface area contributed by atoms with E-state index in [0.717, 1.165) is 24.6 Å². The molecular formula is C22H28IN5O. The Bertz CT molecular complexity index is 835. The van der Waals surface area contributed by atoms with Crippen molar-refractivity contribution in [1.29, 1.82) is 0 Å². The molecule has 0 spiro atoms. The molecule has 0 radical (unpaired) electrons. The topological polar surface area (TPSA) is 63.5 Å². The van der Waals surface area contributed by atoms with E-state index in [-0.39, 0.29) is 24.0 Å². The molecular weight excluding hydrogens is 477 g/mol. The molecule has 1 heterocycles. The maximum absolute atomic E-state index is 5.68. The van der Waals surface area contributed by atoms with E-state index >= 15 is 0 Å². The fraction of sp³-hybridized carbons (Fsp3) is 0.273. The van der Waals surface area contributed by atoms with Gasteiger partial charge < -0.3 is 15.4 Å². The Labute approximate surface area is 189 Å². The standard InChI is InChI=1S/C22H27N5O.HI/c1-23-22(25-15-17-28-18-20-6-3-2-4-7-20)24-14-12-19-8-10-21(11-9-19)27-16-5-13-26-27;/h2-11,13,16H,12,14-15,17-18H2,1H3,(H2,23,24,25);1H. The number of halogens is 1. The van der Waals surface area contributed by atoms with E-state index in [1.165, 1.54) is 11.1 Å². The molecule has 3 aromatic rings. The highest BCUT2D eigenvalue weighted by molar-refractivity contribution is 14.0. The van der Waals surface area contributed by atoms with Crippen LogP contribution in [0.5, 0.6) is 0 Å². The molecule has 0 fully saturated rings. The Balaban J connectivity index is 0.00000300. The fourth-order valence-corrected chi connectivity index (χ4v) is 2.79. The monoisotopic (exact) mass is 505 g/mol. The molecule has 2 aromatic carbocycles. The largest absolute Gasteiger partial charge is 0.375 e. The Morgan fingerprint density at radius 3 is 2.41 bits per heavy atom. The van der Waals surface area contributed by atoms with Gasteiger partial charge in [0.15, 0.2) is 5.96 Å². The van der Waals surface area contributed by atoms with Crippen molar-refractivity contribution >= 4 is 29.9 Å². The van der Waals surface area contributed by atoms with E-state index in [2.05, 4.69) is 57.1 Å². The number of benzene rings is 2. The first-order valence-corrected chi connectivity index (χ1v) is 9.50. The van der Waals surface area contributed by atoms with Crippen molar-refractivity contribution in [1.82, 2.24) is 20.4 Å². The number of ether oxygens (including phenoxy) is 1. The third-order valence-corrected chi connectivity index (χ3v) is 4.29. The minimum Gasteiger partial charge on any atom is -0.375 e. The Morgan fingerprint density at radius 1 is 0.966 bits per heavy atom. The van der Waals surface area contributed by atoms with Gasteiger partial charge in [0.25, 0.3) is 0 Å². The van der Waals surface area contributed by atoms with Gasteiger partial charge in [0, 0.05) is 32.5 Å². The summed E-state index contributed by atoms with van der Waals surface area (Å²) < 4.78 is 7.53. The van der Waals surface area contributed by atoms with E-state index in [4.69, 9.17) is 4.74 Å². The first-order chi connectivity index (χ1) is 13.8. The molecule has 0 aliphatic heterocycles. The van der Waals surface area contributed by atoms with E-state index in [1.54, 1.807) is 13.2 Å². The SMILES string of the molecule is CN=C(NCCOCc1ccccc1)NCCc1ccc(-n2cccn2)cc1.I. The second-order valence-electron chi connectivity index (χ2n) is 6.33. The quantitative estimate of drug-likeness (QED) is 0.203. The van der Waals surface area contributed by atoms with Gasteiger partial charge in [-0.05, 0) is 35.7 Å². The van der Waals surface area contributed by atoms with Gasteiger partial charge in [0.1, 0.15) is 0 Å². The summed E-state index contributed by atoms with van der Waals surface area (Å²) in [4.78, 5) is 4.25. The minimum absolute atomic E-state index is 0. The lowest BCUT2D eigenvalue weighted by Gasteiger charge is -2.12. The summed E-state index contributed by atoms with van der Waals surface area (Å²) in [6.45, 7) is 2.78. The van der Waals surface area contributed by atoms with Crippen LogP contribution in [0.4, 0.5) is 0 Å². The molecule has 7 heteroatoms. The lowest BCUT2D eigenvalue weighted by atomic mass is 10.1. The minimum atomic E-state index is 0. The number of aromatic nitrogens is 2. The second-order valence-corrected chi connectivity index (χ2v) is 6.33. The van der Waals surface area contributed by atoms with Crippen LogP contribution >= 0.6 is 24.0 Å². The molecule has 6 nitrogen and oxygen atoms in total. The highest BCUT2D eigenvalue weighted by Gasteiger charge is 2.00. The molecule has 29 heavy (non-hydrogen) atoms. The zero-order valence-electron chi connectivity index (χ0n) is 16.6. The summed E-state index contributed by atoms with van der Waals surface area (Å²) in [5.41, 5.74) is 3.52. The summed E-state index contributed by atoms with van der Waals surface area (Å²) >= 11 is 0.